The highest BCUT2D eigenvalue weighted by Crippen LogP contribution is 2.49. The molecule has 0 spiro atoms. The van der Waals surface area contributed by atoms with Crippen LogP contribution in [0.15, 0.2) is 237 Å². The fourth-order valence-corrected chi connectivity index (χ4v) is 11.7. The summed E-state index contributed by atoms with van der Waals surface area (Å²) in [6.45, 7) is 0. The second-order valence-corrected chi connectivity index (χ2v) is 18.1. The van der Waals surface area contributed by atoms with Gasteiger partial charge in [0.25, 0.3) is 0 Å². The summed E-state index contributed by atoms with van der Waals surface area (Å²) in [6, 6.07) is 86.8. The van der Waals surface area contributed by atoms with Crippen molar-refractivity contribution in [3.8, 4) is 55.6 Å². The Morgan fingerprint density at radius 3 is 1.59 bits per heavy atom. The molecule has 0 aliphatic rings. The van der Waals surface area contributed by atoms with Gasteiger partial charge in [0.05, 0.1) is 5.69 Å². The summed E-state index contributed by atoms with van der Waals surface area (Å²) >= 11 is 3.74. The van der Waals surface area contributed by atoms with Crippen LogP contribution in [0.3, 0.4) is 0 Å². The lowest BCUT2D eigenvalue weighted by Crippen LogP contribution is -2.12. The fraction of sp³-hybridized carbons (Fsp3) is 0. The van der Waals surface area contributed by atoms with Crippen LogP contribution in [0.5, 0.6) is 0 Å². The molecule has 0 amide bonds. The number of rotatable bonds is 8. The number of anilines is 3. The Morgan fingerprint density at radius 2 is 0.810 bits per heavy atom. The molecule has 3 heteroatoms. The van der Waals surface area contributed by atoms with Crippen molar-refractivity contribution < 1.29 is 0 Å². The van der Waals surface area contributed by atoms with Gasteiger partial charge in [0.15, 0.2) is 0 Å². The van der Waals surface area contributed by atoms with Crippen LogP contribution in [0, 0.1) is 0 Å². The molecule has 0 unspecified atom stereocenters. The molecule has 0 saturated carbocycles. The maximum Gasteiger partial charge on any atom is 0.0546 e. The molecule has 2 aromatic heterocycles. The standard InChI is InChI=1S/C60H39NS2/c1-3-16-41(17-4-1)47-22-7-8-25-52(47)59-48(42-18-5-2-6-19-42)26-15-29-55(59)61(45-35-32-40(33-36-45)43-34-37-58-54(39-43)51-24-10-11-30-56(51)62-58)46-21-13-20-44(38-46)49-27-14-28-53-50-23-9-12-31-57(50)63-60(49)53/h1-39H. The van der Waals surface area contributed by atoms with Crippen LogP contribution in [-0.4, -0.2) is 0 Å². The largest absolute Gasteiger partial charge is 0.310 e. The molecule has 12 rings (SSSR count). The van der Waals surface area contributed by atoms with Crippen LogP contribution in [0.4, 0.5) is 17.1 Å². The van der Waals surface area contributed by atoms with E-state index in [9.17, 15) is 0 Å². The molecule has 2 heterocycles. The summed E-state index contributed by atoms with van der Waals surface area (Å²) in [6.07, 6.45) is 0. The molecule has 0 saturated heterocycles. The van der Waals surface area contributed by atoms with E-state index in [4.69, 9.17) is 0 Å². The Bertz CT molecular complexity index is 3620. The third kappa shape index (κ3) is 6.61. The van der Waals surface area contributed by atoms with Crippen molar-refractivity contribution >= 4 is 80.1 Å². The van der Waals surface area contributed by atoms with Gasteiger partial charge in [-0.1, -0.05) is 182 Å². The topological polar surface area (TPSA) is 3.24 Å². The zero-order valence-electron chi connectivity index (χ0n) is 34.3. The third-order valence-electron chi connectivity index (χ3n) is 12.3. The summed E-state index contributed by atoms with van der Waals surface area (Å²) in [5.74, 6) is 0. The molecule has 12 aromatic rings. The number of nitrogens with zero attached hydrogens (tertiary/aromatic N) is 1. The zero-order chi connectivity index (χ0) is 41.7. The molecule has 0 bridgehead atoms. The van der Waals surface area contributed by atoms with Gasteiger partial charge in [0.2, 0.25) is 0 Å². The van der Waals surface area contributed by atoms with Crippen molar-refractivity contribution in [2.75, 3.05) is 4.90 Å². The summed E-state index contributed by atoms with van der Waals surface area (Å²) in [4.78, 5) is 2.47. The Balaban J connectivity index is 1.08. The molecule has 1 nitrogen and oxygen atoms in total. The van der Waals surface area contributed by atoms with Gasteiger partial charge < -0.3 is 4.90 Å². The van der Waals surface area contributed by atoms with Crippen LogP contribution < -0.4 is 4.90 Å². The summed E-state index contributed by atoms with van der Waals surface area (Å²) in [5, 5.41) is 5.23. The average molecular weight is 838 g/mol. The van der Waals surface area contributed by atoms with Crippen molar-refractivity contribution in [2.45, 2.75) is 0 Å². The van der Waals surface area contributed by atoms with Crippen LogP contribution in [0.2, 0.25) is 0 Å². The maximum atomic E-state index is 2.47. The first-order valence-corrected chi connectivity index (χ1v) is 23.0. The highest BCUT2D eigenvalue weighted by atomic mass is 32.1. The highest BCUT2D eigenvalue weighted by molar-refractivity contribution is 7.26. The van der Waals surface area contributed by atoms with E-state index in [0.29, 0.717) is 0 Å². The van der Waals surface area contributed by atoms with Gasteiger partial charge in [-0.2, -0.15) is 0 Å². The predicted octanol–water partition coefficient (Wildman–Crippen LogP) is 18.2. The minimum atomic E-state index is 1.08. The first-order chi connectivity index (χ1) is 31.2. The van der Waals surface area contributed by atoms with Crippen LogP contribution >= 0.6 is 22.7 Å². The van der Waals surface area contributed by atoms with Gasteiger partial charge in [-0.25, -0.2) is 0 Å². The SMILES string of the molecule is c1ccc(-c2ccccc2-c2c(-c3ccccc3)cccc2N(c2ccc(-c3ccc4sc5ccccc5c4c3)cc2)c2cccc(-c3cccc4c3sc3ccccc34)c2)cc1. The molecular formula is C60H39NS2. The van der Waals surface area contributed by atoms with Crippen molar-refractivity contribution in [2.24, 2.45) is 0 Å². The quantitative estimate of drug-likeness (QED) is 0.147. The third-order valence-corrected chi connectivity index (χ3v) is 14.7. The molecule has 0 N–H and O–H groups in total. The maximum absolute atomic E-state index is 2.47. The van der Waals surface area contributed by atoms with E-state index >= 15 is 0 Å². The number of thiophene rings is 2. The summed E-state index contributed by atoms with van der Waals surface area (Å²) in [7, 11) is 0. The van der Waals surface area contributed by atoms with Gasteiger partial charge in [0, 0.05) is 57.3 Å². The van der Waals surface area contributed by atoms with E-state index in [1.165, 1.54) is 96.0 Å². The predicted molar refractivity (Wildman–Crippen MR) is 274 cm³/mol. The fourth-order valence-electron chi connectivity index (χ4n) is 9.36. The highest BCUT2D eigenvalue weighted by Gasteiger charge is 2.23. The van der Waals surface area contributed by atoms with Crippen molar-refractivity contribution in [3.05, 3.63) is 237 Å². The molecule has 0 aliphatic carbocycles. The summed E-state index contributed by atoms with van der Waals surface area (Å²) in [5.41, 5.74) is 15.2. The normalized spacial score (nSPS) is 11.5. The van der Waals surface area contributed by atoms with Gasteiger partial charge in [-0.05, 0) is 105 Å². The molecule has 63 heavy (non-hydrogen) atoms. The minimum Gasteiger partial charge on any atom is -0.310 e. The van der Waals surface area contributed by atoms with E-state index < -0.39 is 0 Å². The first kappa shape index (κ1) is 37.2. The molecule has 10 aromatic carbocycles. The lowest BCUT2D eigenvalue weighted by molar-refractivity contribution is 1.28. The number of hydrogen-bond donors (Lipinski definition) is 0. The molecule has 296 valence electrons. The Hall–Kier alpha value is -7.56. The number of fused-ring (bicyclic) bond motifs is 6. The second-order valence-electron chi connectivity index (χ2n) is 16.0. The van der Waals surface area contributed by atoms with Crippen LogP contribution in [-0.2, 0) is 0 Å². The van der Waals surface area contributed by atoms with Gasteiger partial charge in [-0.3, -0.25) is 0 Å². The van der Waals surface area contributed by atoms with E-state index in [2.05, 4.69) is 241 Å². The molecular weight excluding hydrogens is 799 g/mol. The number of benzene rings is 10. The monoisotopic (exact) mass is 837 g/mol. The van der Waals surface area contributed by atoms with Crippen LogP contribution in [0.1, 0.15) is 0 Å². The molecule has 0 aliphatic heterocycles. The molecule has 0 fully saturated rings. The van der Waals surface area contributed by atoms with Crippen molar-refractivity contribution in [1.82, 2.24) is 0 Å². The zero-order valence-corrected chi connectivity index (χ0v) is 35.9. The van der Waals surface area contributed by atoms with E-state index in [1.807, 2.05) is 22.7 Å². The van der Waals surface area contributed by atoms with E-state index in [0.717, 1.165) is 17.1 Å². The molecule has 0 atom stereocenters. The van der Waals surface area contributed by atoms with Crippen molar-refractivity contribution in [3.63, 3.8) is 0 Å². The smallest absolute Gasteiger partial charge is 0.0546 e. The summed E-state index contributed by atoms with van der Waals surface area (Å²) < 4.78 is 5.26. The first-order valence-electron chi connectivity index (χ1n) is 21.4. The number of hydrogen-bond acceptors (Lipinski definition) is 3. The Labute approximate surface area is 375 Å². The minimum absolute atomic E-state index is 1.08. The van der Waals surface area contributed by atoms with Gasteiger partial charge >= 0.3 is 0 Å². The van der Waals surface area contributed by atoms with E-state index in [-0.39, 0.29) is 0 Å². The lowest BCUT2D eigenvalue weighted by atomic mass is 9.87. The molecule has 0 radical (unpaired) electrons. The van der Waals surface area contributed by atoms with Crippen molar-refractivity contribution in [1.29, 1.82) is 0 Å². The van der Waals surface area contributed by atoms with Crippen LogP contribution in [0.25, 0.3) is 96.0 Å². The lowest BCUT2D eigenvalue weighted by Gasteiger charge is -2.30. The van der Waals surface area contributed by atoms with Gasteiger partial charge in [0.1, 0.15) is 0 Å². The Morgan fingerprint density at radius 1 is 0.270 bits per heavy atom. The Kier molecular flexibility index (Phi) is 9.29. The average Bonchev–Trinajstić information content (AvgIpc) is 3.93. The van der Waals surface area contributed by atoms with E-state index in [1.54, 1.807) is 0 Å². The van der Waals surface area contributed by atoms with Gasteiger partial charge in [-0.15, -0.1) is 22.7 Å². The second kappa shape index (κ2) is 15.7.